The van der Waals surface area contributed by atoms with Crippen LogP contribution >= 0.6 is 11.9 Å². The number of hydrogen-bond acceptors (Lipinski definition) is 5. The first-order chi connectivity index (χ1) is 12.3. The molecule has 1 aliphatic heterocycles. The fourth-order valence-electron chi connectivity index (χ4n) is 3.27. The molecule has 140 valence electrons. The smallest absolute Gasteiger partial charge is 0.292 e. The van der Waals surface area contributed by atoms with Crippen molar-refractivity contribution in [2.75, 3.05) is 26.8 Å². The van der Waals surface area contributed by atoms with Gasteiger partial charge >= 0.3 is 0 Å². The lowest BCUT2D eigenvalue weighted by Gasteiger charge is -2.25. The minimum atomic E-state index is 0.375. The highest BCUT2D eigenvalue weighted by Gasteiger charge is 2.14. The molecular formula is C20H31NO3S. The predicted octanol–water partition coefficient (Wildman–Crippen LogP) is 4.93. The average Bonchev–Trinajstić information content (AvgIpc) is 2.69. The van der Waals surface area contributed by atoms with Crippen LogP contribution in [-0.2, 0) is 9.53 Å². The van der Waals surface area contributed by atoms with Crippen LogP contribution in [0.25, 0.3) is 0 Å². The molecule has 5 heteroatoms. The number of nitrogens with zero attached hydrogens (tertiary/aromatic N) is 1. The third-order valence-corrected chi connectivity index (χ3v) is 5.79. The van der Waals surface area contributed by atoms with Gasteiger partial charge in [0.25, 0.3) is 6.47 Å². The quantitative estimate of drug-likeness (QED) is 0.528. The van der Waals surface area contributed by atoms with E-state index in [2.05, 4.69) is 33.3 Å². The Balaban J connectivity index is 0.000000511. The molecule has 0 atom stereocenters. The number of methoxy groups -OCH3 is 1. The van der Waals surface area contributed by atoms with E-state index < -0.39 is 0 Å². The van der Waals surface area contributed by atoms with Gasteiger partial charge in [-0.15, -0.1) is 0 Å². The molecule has 0 bridgehead atoms. The van der Waals surface area contributed by atoms with Crippen LogP contribution in [0.5, 0.6) is 5.75 Å². The molecule has 2 aliphatic rings. The summed E-state index contributed by atoms with van der Waals surface area (Å²) >= 11 is 1.90. The van der Waals surface area contributed by atoms with E-state index in [4.69, 9.17) is 9.53 Å². The van der Waals surface area contributed by atoms with Crippen molar-refractivity contribution in [3.05, 3.63) is 24.3 Å². The lowest BCUT2D eigenvalue weighted by Crippen LogP contribution is -2.22. The molecule has 4 nitrogen and oxygen atoms in total. The summed E-state index contributed by atoms with van der Waals surface area (Å²) < 4.78 is 12.3. The highest BCUT2D eigenvalue weighted by molar-refractivity contribution is 7.97. The molecule has 1 heterocycles. The van der Waals surface area contributed by atoms with E-state index in [1.54, 1.807) is 0 Å². The molecule has 1 saturated heterocycles. The van der Waals surface area contributed by atoms with E-state index in [-0.39, 0.29) is 0 Å². The van der Waals surface area contributed by atoms with Crippen molar-refractivity contribution in [3.63, 3.8) is 0 Å². The molecule has 1 aromatic carbocycles. The molecule has 1 saturated carbocycles. The van der Waals surface area contributed by atoms with E-state index in [9.17, 15) is 0 Å². The molecule has 1 aromatic rings. The van der Waals surface area contributed by atoms with Crippen LogP contribution in [0.3, 0.4) is 0 Å². The van der Waals surface area contributed by atoms with Gasteiger partial charge in [0, 0.05) is 18.0 Å². The van der Waals surface area contributed by atoms with Gasteiger partial charge in [-0.05, 0) is 67.8 Å². The Kier molecular flexibility index (Phi) is 9.82. The Morgan fingerprint density at radius 3 is 2.24 bits per heavy atom. The van der Waals surface area contributed by atoms with Gasteiger partial charge in [-0.2, -0.15) is 0 Å². The minimum absolute atomic E-state index is 0.375. The Morgan fingerprint density at radius 2 is 1.64 bits per heavy atom. The van der Waals surface area contributed by atoms with Crippen LogP contribution < -0.4 is 4.74 Å². The monoisotopic (exact) mass is 365 g/mol. The molecule has 3 rings (SSSR count). The maximum Gasteiger partial charge on any atom is 0.292 e. The zero-order valence-electron chi connectivity index (χ0n) is 15.3. The van der Waals surface area contributed by atoms with Gasteiger partial charge in [0.2, 0.25) is 0 Å². The lowest BCUT2D eigenvalue weighted by molar-refractivity contribution is -0.126. The van der Waals surface area contributed by atoms with Crippen LogP contribution in [0.15, 0.2) is 29.2 Å². The van der Waals surface area contributed by atoms with Crippen LogP contribution in [0.1, 0.15) is 51.4 Å². The first-order valence-electron chi connectivity index (χ1n) is 9.44. The maximum absolute atomic E-state index is 8.95. The van der Waals surface area contributed by atoms with Crippen LogP contribution in [0.2, 0.25) is 0 Å². The van der Waals surface area contributed by atoms with Crippen molar-refractivity contribution in [1.82, 2.24) is 4.31 Å². The van der Waals surface area contributed by atoms with E-state index in [1.807, 2.05) is 11.9 Å². The van der Waals surface area contributed by atoms with E-state index in [0.717, 1.165) is 18.3 Å². The molecule has 0 spiro atoms. The number of benzene rings is 1. The minimum Gasteiger partial charge on any atom is -0.493 e. The number of carbonyl (C=O) groups is 1. The summed E-state index contributed by atoms with van der Waals surface area (Å²) in [5.74, 6) is 1.81. The van der Waals surface area contributed by atoms with Gasteiger partial charge in [-0.25, -0.2) is 4.31 Å². The molecular weight excluding hydrogens is 334 g/mol. The molecule has 0 unspecified atom stereocenters. The van der Waals surface area contributed by atoms with Gasteiger partial charge in [0.1, 0.15) is 5.75 Å². The van der Waals surface area contributed by atoms with Gasteiger partial charge in [0.05, 0.1) is 13.7 Å². The topological polar surface area (TPSA) is 38.8 Å². The van der Waals surface area contributed by atoms with Crippen molar-refractivity contribution in [3.8, 4) is 5.75 Å². The highest BCUT2D eigenvalue weighted by atomic mass is 32.2. The molecule has 0 radical (unpaired) electrons. The largest absolute Gasteiger partial charge is 0.493 e. The molecule has 2 fully saturated rings. The zero-order valence-corrected chi connectivity index (χ0v) is 16.1. The molecule has 0 N–H and O–H groups in total. The van der Waals surface area contributed by atoms with Gasteiger partial charge in [-0.3, -0.25) is 4.79 Å². The third kappa shape index (κ3) is 8.15. The Bertz CT molecular complexity index is 468. The number of rotatable bonds is 6. The van der Waals surface area contributed by atoms with E-state index in [1.165, 1.54) is 76.5 Å². The normalized spacial score (nSPS) is 18.8. The predicted molar refractivity (Wildman–Crippen MR) is 103 cm³/mol. The molecule has 1 aliphatic carbocycles. The first-order valence-corrected chi connectivity index (χ1v) is 10.2. The Hall–Kier alpha value is -1.20. The average molecular weight is 366 g/mol. The number of carbonyl (C=O) groups excluding carboxylic acids is 1. The van der Waals surface area contributed by atoms with Crippen molar-refractivity contribution >= 4 is 18.4 Å². The van der Waals surface area contributed by atoms with Gasteiger partial charge < -0.3 is 9.47 Å². The third-order valence-electron chi connectivity index (χ3n) is 4.68. The van der Waals surface area contributed by atoms with Crippen molar-refractivity contribution < 1.29 is 14.3 Å². The second kappa shape index (κ2) is 12.2. The summed E-state index contributed by atoms with van der Waals surface area (Å²) in [5.41, 5.74) is 0. The summed E-state index contributed by atoms with van der Waals surface area (Å²) in [4.78, 5) is 10.3. The summed E-state index contributed by atoms with van der Waals surface area (Å²) in [7, 11) is 1.31. The fraction of sp³-hybridized carbons (Fsp3) is 0.650. The zero-order chi connectivity index (χ0) is 17.7. The summed E-state index contributed by atoms with van der Waals surface area (Å²) in [5, 5.41) is 0. The number of ether oxygens (including phenoxy) is 2. The molecule has 25 heavy (non-hydrogen) atoms. The number of hydrogen-bond donors (Lipinski definition) is 0. The second-order valence-electron chi connectivity index (χ2n) is 6.70. The SMILES string of the molecule is COC=O.c1cc(SN2CCCCC2)ccc1OCC1CCCCC1. The lowest BCUT2D eigenvalue weighted by atomic mass is 9.90. The highest BCUT2D eigenvalue weighted by Crippen LogP contribution is 2.28. The summed E-state index contributed by atoms with van der Waals surface area (Å²) in [6.07, 6.45) is 11.0. The first kappa shape index (κ1) is 20.1. The van der Waals surface area contributed by atoms with Crippen LogP contribution in [-0.4, -0.2) is 37.6 Å². The van der Waals surface area contributed by atoms with E-state index >= 15 is 0 Å². The second-order valence-corrected chi connectivity index (χ2v) is 7.87. The van der Waals surface area contributed by atoms with Crippen molar-refractivity contribution in [2.24, 2.45) is 5.92 Å². The Morgan fingerprint density at radius 1 is 1.04 bits per heavy atom. The summed E-state index contributed by atoms with van der Waals surface area (Å²) in [6, 6.07) is 8.68. The van der Waals surface area contributed by atoms with Crippen LogP contribution in [0, 0.1) is 5.92 Å². The van der Waals surface area contributed by atoms with Gasteiger partial charge in [0.15, 0.2) is 0 Å². The maximum atomic E-state index is 8.95. The van der Waals surface area contributed by atoms with E-state index in [0.29, 0.717) is 6.47 Å². The van der Waals surface area contributed by atoms with Crippen LogP contribution in [0.4, 0.5) is 0 Å². The molecule has 0 aromatic heterocycles. The summed E-state index contributed by atoms with van der Waals surface area (Å²) in [6.45, 7) is 3.73. The fourth-order valence-corrected chi connectivity index (χ4v) is 4.27. The number of piperidine rings is 1. The standard InChI is InChI=1S/C18H27NOS.C2H4O2/c1-3-7-16(8-4-1)15-20-17-9-11-18(12-10-17)21-19-13-5-2-6-14-19;1-4-2-3/h9-12,16H,1-8,13-15H2;2H,1H3. The molecule has 0 amide bonds. The van der Waals surface area contributed by atoms with Crippen molar-refractivity contribution in [2.45, 2.75) is 56.3 Å². The Labute approximate surface area is 156 Å². The van der Waals surface area contributed by atoms with Gasteiger partial charge in [-0.1, -0.05) is 25.7 Å². The van der Waals surface area contributed by atoms with Crippen molar-refractivity contribution in [1.29, 1.82) is 0 Å².